The number of rotatable bonds is 1. The van der Waals surface area contributed by atoms with E-state index in [1.165, 1.54) is 0 Å². The van der Waals surface area contributed by atoms with E-state index in [9.17, 15) is 4.79 Å². The third kappa shape index (κ3) is 1.20. The Bertz CT molecular complexity index is 197. The molecule has 2 rings (SSSR count). The highest BCUT2D eigenvalue weighted by atomic mass is 35.5. The van der Waals surface area contributed by atoms with E-state index in [1.807, 2.05) is 0 Å². The van der Waals surface area contributed by atoms with E-state index in [-0.39, 0.29) is 30.7 Å². The summed E-state index contributed by atoms with van der Waals surface area (Å²) in [7, 11) is 0. The van der Waals surface area contributed by atoms with Gasteiger partial charge >= 0.3 is 5.97 Å². The lowest BCUT2D eigenvalue weighted by Crippen LogP contribution is -2.43. The maximum Gasteiger partial charge on any atom is 0.310 e. The van der Waals surface area contributed by atoms with Crippen LogP contribution in [-0.4, -0.2) is 29.3 Å². The number of carboxylic acids is 1. The molecular formula is C7H12ClNO3. The molecule has 3 N–H and O–H groups in total. The number of nitrogens with two attached hydrogens (primary N) is 1. The fourth-order valence-corrected chi connectivity index (χ4v) is 2.04. The number of hydrogen-bond donors (Lipinski definition) is 2. The number of carbonyl (C=O) groups is 1. The average molecular weight is 194 g/mol. The molecule has 0 saturated carbocycles. The number of fused-ring (bicyclic) bond motifs is 2. The van der Waals surface area contributed by atoms with Crippen LogP contribution in [0.15, 0.2) is 0 Å². The second-order valence-electron chi connectivity index (χ2n) is 3.23. The molecule has 2 aliphatic rings. The first-order valence-corrected chi connectivity index (χ1v) is 3.84. The zero-order valence-electron chi connectivity index (χ0n) is 6.47. The molecule has 70 valence electrons. The molecule has 0 aromatic heterocycles. The zero-order valence-corrected chi connectivity index (χ0v) is 7.29. The van der Waals surface area contributed by atoms with Crippen LogP contribution < -0.4 is 5.73 Å². The Hall–Kier alpha value is -0.320. The van der Waals surface area contributed by atoms with Crippen molar-refractivity contribution in [3.63, 3.8) is 0 Å². The molecule has 12 heavy (non-hydrogen) atoms. The van der Waals surface area contributed by atoms with Gasteiger partial charge in [0.1, 0.15) is 5.92 Å². The van der Waals surface area contributed by atoms with E-state index < -0.39 is 11.9 Å². The predicted octanol–water partition coefficient (Wildman–Crippen LogP) is -0.00250. The number of ether oxygens (including phenoxy) is 1. The number of halogens is 1. The topological polar surface area (TPSA) is 72.6 Å². The quantitative estimate of drug-likeness (QED) is 0.615. The minimum Gasteiger partial charge on any atom is -0.481 e. The van der Waals surface area contributed by atoms with Crippen LogP contribution >= 0.6 is 12.4 Å². The van der Waals surface area contributed by atoms with Crippen LogP contribution in [0.2, 0.25) is 0 Å². The SMILES string of the molecule is Cl.N[C@H]1[C@@H](C(=O)O)[C@H]2CC[C@@H]1O2. The van der Waals surface area contributed by atoms with Crippen LogP contribution in [0.1, 0.15) is 12.8 Å². The highest BCUT2D eigenvalue weighted by Crippen LogP contribution is 2.37. The predicted molar refractivity (Wildman–Crippen MR) is 44.2 cm³/mol. The van der Waals surface area contributed by atoms with Gasteiger partial charge in [-0.3, -0.25) is 4.79 Å². The van der Waals surface area contributed by atoms with Crippen LogP contribution in [0, 0.1) is 5.92 Å². The van der Waals surface area contributed by atoms with E-state index in [1.54, 1.807) is 0 Å². The summed E-state index contributed by atoms with van der Waals surface area (Å²) in [6.45, 7) is 0. The van der Waals surface area contributed by atoms with Crippen molar-refractivity contribution in [2.24, 2.45) is 11.7 Å². The largest absolute Gasteiger partial charge is 0.481 e. The Morgan fingerprint density at radius 2 is 2.00 bits per heavy atom. The summed E-state index contributed by atoms with van der Waals surface area (Å²) in [6.07, 6.45) is 1.67. The van der Waals surface area contributed by atoms with E-state index in [4.69, 9.17) is 15.6 Å². The van der Waals surface area contributed by atoms with Crippen molar-refractivity contribution < 1.29 is 14.6 Å². The normalized spacial score (nSPS) is 44.1. The Labute approximate surface area is 76.5 Å². The second-order valence-corrected chi connectivity index (χ2v) is 3.23. The standard InChI is InChI=1S/C7H11NO3.ClH/c8-6-4-2-1-3(11-4)5(6)7(9)10;/h3-6H,1-2,8H2,(H,9,10);1H/t3-,4+,5+,6-;/m1./s1. The van der Waals surface area contributed by atoms with Crippen LogP contribution in [0.25, 0.3) is 0 Å². The minimum atomic E-state index is -0.815. The lowest BCUT2D eigenvalue weighted by molar-refractivity contribution is -0.143. The highest BCUT2D eigenvalue weighted by Gasteiger charge is 2.50. The molecule has 4 nitrogen and oxygen atoms in total. The van der Waals surface area contributed by atoms with Gasteiger partial charge < -0.3 is 15.6 Å². The van der Waals surface area contributed by atoms with Crippen LogP contribution in [-0.2, 0) is 9.53 Å². The van der Waals surface area contributed by atoms with Crippen molar-refractivity contribution in [3.8, 4) is 0 Å². The van der Waals surface area contributed by atoms with Gasteiger partial charge in [0.2, 0.25) is 0 Å². The van der Waals surface area contributed by atoms with Gasteiger partial charge in [-0.05, 0) is 12.8 Å². The van der Waals surface area contributed by atoms with E-state index in [0.29, 0.717) is 0 Å². The third-order valence-electron chi connectivity index (χ3n) is 2.61. The first-order valence-electron chi connectivity index (χ1n) is 3.84. The van der Waals surface area contributed by atoms with Crippen molar-refractivity contribution >= 4 is 18.4 Å². The summed E-state index contributed by atoms with van der Waals surface area (Å²) in [5, 5.41) is 8.75. The summed E-state index contributed by atoms with van der Waals surface area (Å²) in [6, 6.07) is -0.286. The maximum absolute atomic E-state index is 10.6. The molecule has 2 heterocycles. The molecule has 0 radical (unpaired) electrons. The molecule has 5 heteroatoms. The van der Waals surface area contributed by atoms with Crippen LogP contribution in [0.4, 0.5) is 0 Å². The Morgan fingerprint density at radius 1 is 1.42 bits per heavy atom. The van der Waals surface area contributed by atoms with E-state index in [0.717, 1.165) is 12.8 Å². The Kier molecular flexibility index (Phi) is 2.61. The Morgan fingerprint density at radius 3 is 2.33 bits per heavy atom. The fourth-order valence-electron chi connectivity index (χ4n) is 2.04. The molecule has 4 atom stereocenters. The van der Waals surface area contributed by atoms with Gasteiger partial charge in [0, 0.05) is 6.04 Å². The van der Waals surface area contributed by atoms with Crippen molar-refractivity contribution in [2.75, 3.05) is 0 Å². The summed E-state index contributed by atoms with van der Waals surface area (Å²) < 4.78 is 5.35. The zero-order chi connectivity index (χ0) is 8.01. The molecule has 0 unspecified atom stereocenters. The van der Waals surface area contributed by atoms with E-state index >= 15 is 0 Å². The lowest BCUT2D eigenvalue weighted by Gasteiger charge is -2.20. The number of hydrogen-bond acceptors (Lipinski definition) is 3. The summed E-state index contributed by atoms with van der Waals surface area (Å²) in [5.74, 6) is -1.28. The summed E-state index contributed by atoms with van der Waals surface area (Å²) in [5.41, 5.74) is 5.66. The third-order valence-corrected chi connectivity index (χ3v) is 2.61. The summed E-state index contributed by atoms with van der Waals surface area (Å²) >= 11 is 0. The molecule has 0 aromatic rings. The van der Waals surface area contributed by atoms with Gasteiger partial charge in [-0.2, -0.15) is 0 Å². The molecule has 2 bridgehead atoms. The fraction of sp³-hybridized carbons (Fsp3) is 0.857. The van der Waals surface area contributed by atoms with Gasteiger partial charge in [-0.15, -0.1) is 12.4 Å². The van der Waals surface area contributed by atoms with Gasteiger partial charge in [-0.1, -0.05) is 0 Å². The molecule has 0 aromatic carbocycles. The van der Waals surface area contributed by atoms with Gasteiger partial charge in [0.25, 0.3) is 0 Å². The lowest BCUT2D eigenvalue weighted by atomic mass is 9.85. The van der Waals surface area contributed by atoms with Crippen molar-refractivity contribution in [2.45, 2.75) is 31.1 Å². The van der Waals surface area contributed by atoms with Crippen molar-refractivity contribution in [1.29, 1.82) is 0 Å². The first kappa shape index (κ1) is 9.77. The smallest absolute Gasteiger partial charge is 0.310 e. The summed E-state index contributed by atoms with van der Waals surface area (Å²) in [4.78, 5) is 10.6. The second kappa shape index (κ2) is 3.20. The molecule has 0 spiro atoms. The van der Waals surface area contributed by atoms with E-state index in [2.05, 4.69) is 0 Å². The number of carboxylic acid groups (broad SMARTS) is 1. The van der Waals surface area contributed by atoms with Gasteiger partial charge in [0.15, 0.2) is 0 Å². The average Bonchev–Trinajstić information content (AvgIpc) is 2.44. The maximum atomic E-state index is 10.6. The Balaban J connectivity index is 0.000000720. The molecule has 0 amide bonds. The number of aliphatic carboxylic acids is 1. The monoisotopic (exact) mass is 193 g/mol. The highest BCUT2D eigenvalue weighted by molar-refractivity contribution is 5.85. The molecular weight excluding hydrogens is 182 g/mol. The molecule has 2 aliphatic heterocycles. The van der Waals surface area contributed by atoms with Crippen LogP contribution in [0.3, 0.4) is 0 Å². The van der Waals surface area contributed by atoms with Crippen molar-refractivity contribution in [1.82, 2.24) is 0 Å². The van der Waals surface area contributed by atoms with Crippen molar-refractivity contribution in [3.05, 3.63) is 0 Å². The minimum absolute atomic E-state index is 0. The van der Waals surface area contributed by atoms with Crippen LogP contribution in [0.5, 0.6) is 0 Å². The van der Waals surface area contributed by atoms with Gasteiger partial charge in [0.05, 0.1) is 12.2 Å². The van der Waals surface area contributed by atoms with Gasteiger partial charge in [-0.25, -0.2) is 0 Å². The molecule has 0 aliphatic carbocycles. The first-order chi connectivity index (χ1) is 5.20. The molecule has 2 fully saturated rings. The molecule has 2 saturated heterocycles.